The van der Waals surface area contributed by atoms with Crippen molar-refractivity contribution >= 4 is 15.7 Å². The molecule has 0 amide bonds. The average molecular weight is 302 g/mol. The topological polar surface area (TPSA) is 72.2 Å². The minimum absolute atomic E-state index is 0.122. The van der Waals surface area contributed by atoms with Gasteiger partial charge in [0.05, 0.1) is 0 Å². The molecule has 1 aliphatic rings. The van der Waals surface area contributed by atoms with E-state index in [1.165, 1.54) is 5.57 Å². The van der Waals surface area contributed by atoms with E-state index < -0.39 is 26.6 Å². The van der Waals surface area contributed by atoms with Gasteiger partial charge in [-0.25, -0.2) is 21.9 Å². The fourth-order valence-electron chi connectivity index (χ4n) is 2.22. The van der Waals surface area contributed by atoms with Gasteiger partial charge in [-0.3, -0.25) is 0 Å². The first-order valence-electron chi connectivity index (χ1n) is 6.32. The molecule has 0 saturated carbocycles. The Morgan fingerprint density at radius 2 is 1.90 bits per heavy atom. The summed E-state index contributed by atoms with van der Waals surface area (Å²) in [7, 11) is -4.21. The molecule has 7 heteroatoms. The highest BCUT2D eigenvalue weighted by atomic mass is 32.2. The Labute approximate surface area is 116 Å². The molecule has 1 aromatic carbocycles. The highest BCUT2D eigenvalue weighted by molar-refractivity contribution is 7.89. The molecule has 1 aromatic rings. The average Bonchev–Trinajstić information content (AvgIpc) is 2.79. The predicted molar refractivity (Wildman–Crippen MR) is 72.5 cm³/mol. The quantitative estimate of drug-likeness (QED) is 0.647. The van der Waals surface area contributed by atoms with Crippen LogP contribution in [-0.2, 0) is 10.0 Å². The van der Waals surface area contributed by atoms with Crippen LogP contribution in [0.25, 0.3) is 0 Å². The minimum atomic E-state index is -4.21. The first kappa shape index (κ1) is 14.9. The zero-order valence-electron chi connectivity index (χ0n) is 10.8. The van der Waals surface area contributed by atoms with E-state index in [1.54, 1.807) is 0 Å². The maximum atomic E-state index is 13.6. The molecule has 0 atom stereocenters. The molecule has 0 aromatic heterocycles. The molecule has 0 fully saturated rings. The SMILES string of the molecule is Nc1cc(F)c(S(=O)(=O)NCCC2=CCCC2)c(F)c1. The summed E-state index contributed by atoms with van der Waals surface area (Å²) >= 11 is 0. The van der Waals surface area contributed by atoms with Crippen LogP contribution in [0.4, 0.5) is 14.5 Å². The Morgan fingerprint density at radius 1 is 1.25 bits per heavy atom. The standard InChI is InChI=1S/C13H16F2N2O2S/c14-11-7-10(16)8-12(15)13(11)20(18,19)17-6-5-9-3-1-2-4-9/h3,7-8,17H,1-2,4-6,16H2. The molecular weight excluding hydrogens is 286 g/mol. The van der Waals surface area contributed by atoms with E-state index >= 15 is 0 Å². The van der Waals surface area contributed by atoms with Gasteiger partial charge in [0, 0.05) is 12.2 Å². The van der Waals surface area contributed by atoms with E-state index in [-0.39, 0.29) is 12.2 Å². The molecule has 2 rings (SSSR count). The molecule has 4 nitrogen and oxygen atoms in total. The third-order valence-corrected chi connectivity index (χ3v) is 4.67. The van der Waals surface area contributed by atoms with Crippen molar-refractivity contribution in [3.63, 3.8) is 0 Å². The molecule has 0 aliphatic heterocycles. The van der Waals surface area contributed by atoms with Gasteiger partial charge < -0.3 is 5.73 Å². The summed E-state index contributed by atoms with van der Waals surface area (Å²) in [4.78, 5) is -0.980. The molecule has 20 heavy (non-hydrogen) atoms. The van der Waals surface area contributed by atoms with Crippen LogP contribution >= 0.6 is 0 Å². The Balaban J connectivity index is 2.10. The van der Waals surface area contributed by atoms with Gasteiger partial charge in [-0.15, -0.1) is 0 Å². The summed E-state index contributed by atoms with van der Waals surface area (Å²) in [5.41, 5.74) is 6.27. The Morgan fingerprint density at radius 3 is 2.45 bits per heavy atom. The summed E-state index contributed by atoms with van der Waals surface area (Å²) in [5.74, 6) is -2.37. The van der Waals surface area contributed by atoms with Crippen LogP contribution in [0, 0.1) is 11.6 Å². The van der Waals surface area contributed by atoms with E-state index in [2.05, 4.69) is 10.8 Å². The third kappa shape index (κ3) is 3.34. The van der Waals surface area contributed by atoms with Crippen molar-refractivity contribution in [3.8, 4) is 0 Å². The second kappa shape index (κ2) is 5.88. The smallest absolute Gasteiger partial charge is 0.246 e. The van der Waals surface area contributed by atoms with Crippen molar-refractivity contribution in [1.82, 2.24) is 4.72 Å². The number of rotatable bonds is 5. The number of nitrogens with two attached hydrogens (primary N) is 1. The largest absolute Gasteiger partial charge is 0.399 e. The number of nitrogens with one attached hydrogen (secondary N) is 1. The van der Waals surface area contributed by atoms with Crippen molar-refractivity contribution in [2.75, 3.05) is 12.3 Å². The van der Waals surface area contributed by atoms with E-state index in [9.17, 15) is 17.2 Å². The number of benzene rings is 1. The summed E-state index contributed by atoms with van der Waals surface area (Å²) in [6.45, 7) is 0.122. The fourth-order valence-corrected chi connectivity index (χ4v) is 3.37. The number of hydrogen-bond donors (Lipinski definition) is 2. The highest BCUT2D eigenvalue weighted by Crippen LogP contribution is 2.23. The van der Waals surface area contributed by atoms with Gasteiger partial charge in [0.15, 0.2) is 4.90 Å². The zero-order chi connectivity index (χ0) is 14.8. The van der Waals surface area contributed by atoms with Crippen LogP contribution in [0.5, 0.6) is 0 Å². The van der Waals surface area contributed by atoms with Crippen molar-refractivity contribution in [3.05, 3.63) is 35.4 Å². The molecule has 0 unspecified atom stereocenters. The minimum Gasteiger partial charge on any atom is -0.399 e. The van der Waals surface area contributed by atoms with Gasteiger partial charge >= 0.3 is 0 Å². The Bertz CT molecular complexity index is 619. The van der Waals surface area contributed by atoms with E-state index in [0.717, 1.165) is 31.4 Å². The molecule has 0 bridgehead atoms. The lowest BCUT2D eigenvalue weighted by molar-refractivity contribution is 0.515. The first-order chi connectivity index (χ1) is 9.40. The highest BCUT2D eigenvalue weighted by Gasteiger charge is 2.24. The summed E-state index contributed by atoms with van der Waals surface area (Å²) in [6.07, 6.45) is 5.65. The molecule has 3 N–H and O–H groups in total. The lowest BCUT2D eigenvalue weighted by atomic mass is 10.2. The monoisotopic (exact) mass is 302 g/mol. The normalized spacial score (nSPS) is 15.4. The number of allylic oxidation sites excluding steroid dienone is 1. The number of halogens is 2. The van der Waals surface area contributed by atoms with Gasteiger partial charge in [-0.2, -0.15) is 0 Å². The lowest BCUT2D eigenvalue weighted by Crippen LogP contribution is -2.27. The van der Waals surface area contributed by atoms with Gasteiger partial charge in [-0.1, -0.05) is 11.6 Å². The summed E-state index contributed by atoms with van der Waals surface area (Å²) in [6, 6.07) is 1.58. The molecule has 0 heterocycles. The van der Waals surface area contributed by atoms with Crippen molar-refractivity contribution in [2.45, 2.75) is 30.6 Å². The Hall–Kier alpha value is -1.47. The maximum absolute atomic E-state index is 13.6. The molecule has 0 radical (unpaired) electrons. The maximum Gasteiger partial charge on any atom is 0.246 e. The second-order valence-corrected chi connectivity index (χ2v) is 6.42. The van der Waals surface area contributed by atoms with Gasteiger partial charge in [-0.05, 0) is 37.8 Å². The van der Waals surface area contributed by atoms with Crippen LogP contribution in [0.3, 0.4) is 0 Å². The lowest BCUT2D eigenvalue weighted by Gasteiger charge is -2.09. The number of sulfonamides is 1. The first-order valence-corrected chi connectivity index (χ1v) is 7.80. The van der Waals surface area contributed by atoms with Crippen molar-refractivity contribution < 1.29 is 17.2 Å². The number of hydrogen-bond acceptors (Lipinski definition) is 3. The van der Waals surface area contributed by atoms with Crippen molar-refractivity contribution in [2.24, 2.45) is 0 Å². The van der Waals surface area contributed by atoms with Crippen LogP contribution in [0.1, 0.15) is 25.7 Å². The summed E-state index contributed by atoms with van der Waals surface area (Å²) < 4.78 is 53.2. The third-order valence-electron chi connectivity index (χ3n) is 3.16. The van der Waals surface area contributed by atoms with Gasteiger partial charge in [0.1, 0.15) is 11.6 Å². The van der Waals surface area contributed by atoms with Crippen LogP contribution in [0.15, 0.2) is 28.7 Å². The van der Waals surface area contributed by atoms with Crippen molar-refractivity contribution in [1.29, 1.82) is 0 Å². The molecule has 0 spiro atoms. The van der Waals surface area contributed by atoms with Gasteiger partial charge in [0.2, 0.25) is 10.0 Å². The fraction of sp³-hybridized carbons (Fsp3) is 0.385. The van der Waals surface area contributed by atoms with Crippen LogP contribution in [-0.4, -0.2) is 15.0 Å². The summed E-state index contributed by atoms with van der Waals surface area (Å²) in [5, 5.41) is 0. The van der Waals surface area contributed by atoms with Gasteiger partial charge in [0.25, 0.3) is 0 Å². The second-order valence-electron chi connectivity index (χ2n) is 4.72. The number of anilines is 1. The molecule has 0 saturated heterocycles. The van der Waals surface area contributed by atoms with Crippen LogP contribution in [0.2, 0.25) is 0 Å². The molecule has 110 valence electrons. The number of nitrogen functional groups attached to an aromatic ring is 1. The van der Waals surface area contributed by atoms with E-state index in [0.29, 0.717) is 6.42 Å². The molecular formula is C13H16F2N2O2S. The van der Waals surface area contributed by atoms with E-state index in [4.69, 9.17) is 5.73 Å². The zero-order valence-corrected chi connectivity index (χ0v) is 11.6. The predicted octanol–water partition coefficient (Wildman–Crippen LogP) is 2.33. The molecule has 1 aliphatic carbocycles. The Kier molecular flexibility index (Phi) is 4.39. The van der Waals surface area contributed by atoms with Crippen LogP contribution < -0.4 is 10.5 Å². The van der Waals surface area contributed by atoms with E-state index in [1.807, 2.05) is 0 Å².